The molecule has 4 aromatic rings. The van der Waals surface area contributed by atoms with Gasteiger partial charge in [-0.25, -0.2) is 9.78 Å². The second-order valence-corrected chi connectivity index (χ2v) is 9.60. The van der Waals surface area contributed by atoms with Crippen LogP contribution in [0.25, 0.3) is 22.2 Å². The number of para-hydroxylation sites is 1. The number of pyridine rings is 1. The molecular weight excluding hydrogens is 476 g/mol. The number of thiophene rings is 1. The number of amides is 1. The van der Waals surface area contributed by atoms with Crippen molar-refractivity contribution >= 4 is 39.1 Å². The monoisotopic (exact) mass is 502 g/mol. The van der Waals surface area contributed by atoms with Crippen molar-refractivity contribution in [2.45, 2.75) is 25.7 Å². The summed E-state index contributed by atoms with van der Waals surface area (Å²) in [6.07, 6.45) is 3.80. The fraction of sp³-hybridized carbons (Fsp3) is 0.250. The lowest BCUT2D eigenvalue weighted by molar-refractivity contribution is 0.0601. The molecule has 0 radical (unpaired) electrons. The Morgan fingerprint density at radius 2 is 1.78 bits per heavy atom. The number of hydrogen-bond acceptors (Lipinski definition) is 7. The van der Waals surface area contributed by atoms with Crippen LogP contribution in [0.3, 0.4) is 0 Å². The van der Waals surface area contributed by atoms with Gasteiger partial charge in [-0.1, -0.05) is 18.2 Å². The molecule has 7 nitrogen and oxygen atoms in total. The first-order valence-corrected chi connectivity index (χ1v) is 12.5. The molecule has 184 valence electrons. The molecule has 0 saturated heterocycles. The number of nitrogens with zero attached hydrogens (tertiary/aromatic N) is 1. The molecule has 8 heteroatoms. The van der Waals surface area contributed by atoms with Crippen LogP contribution >= 0.6 is 11.3 Å². The highest BCUT2D eigenvalue weighted by Crippen LogP contribution is 2.39. The van der Waals surface area contributed by atoms with Crippen molar-refractivity contribution < 1.29 is 23.8 Å². The predicted octanol–water partition coefficient (Wildman–Crippen LogP) is 5.90. The van der Waals surface area contributed by atoms with Crippen LogP contribution in [0.2, 0.25) is 0 Å². The van der Waals surface area contributed by atoms with Gasteiger partial charge in [-0.15, -0.1) is 11.3 Å². The molecule has 1 N–H and O–H groups in total. The highest BCUT2D eigenvalue weighted by atomic mass is 32.1. The molecule has 36 heavy (non-hydrogen) atoms. The third kappa shape index (κ3) is 4.28. The summed E-state index contributed by atoms with van der Waals surface area (Å²) in [4.78, 5) is 32.3. The van der Waals surface area contributed by atoms with Crippen molar-refractivity contribution in [2.75, 3.05) is 26.6 Å². The first kappa shape index (κ1) is 23.8. The van der Waals surface area contributed by atoms with Crippen molar-refractivity contribution in [1.29, 1.82) is 0 Å². The molecule has 1 aliphatic rings. The minimum atomic E-state index is -0.423. The molecule has 0 fully saturated rings. The maximum atomic E-state index is 13.7. The average molecular weight is 503 g/mol. The smallest absolute Gasteiger partial charge is 0.341 e. The lowest BCUT2D eigenvalue weighted by Crippen LogP contribution is -2.16. The van der Waals surface area contributed by atoms with Crippen LogP contribution in [0.1, 0.15) is 44.0 Å². The zero-order valence-electron chi connectivity index (χ0n) is 20.3. The van der Waals surface area contributed by atoms with Gasteiger partial charge < -0.3 is 19.5 Å². The minimum absolute atomic E-state index is 0.314. The zero-order valence-corrected chi connectivity index (χ0v) is 21.2. The van der Waals surface area contributed by atoms with Crippen molar-refractivity contribution in [2.24, 2.45) is 0 Å². The lowest BCUT2D eigenvalue weighted by atomic mass is 9.95. The zero-order chi connectivity index (χ0) is 25.2. The number of rotatable bonds is 6. The van der Waals surface area contributed by atoms with E-state index >= 15 is 0 Å². The SMILES string of the molecule is COC(=O)c1c(NC(=O)c2cc(-c3ccc(OC)cc3OC)nc3ccccc23)sc2c1CCCC2. The highest BCUT2D eigenvalue weighted by molar-refractivity contribution is 7.17. The fourth-order valence-corrected chi connectivity index (χ4v) is 5.93. The number of benzene rings is 2. The number of aromatic nitrogens is 1. The molecule has 2 aromatic carbocycles. The summed E-state index contributed by atoms with van der Waals surface area (Å²) in [5.41, 5.74) is 3.93. The topological polar surface area (TPSA) is 86.8 Å². The maximum absolute atomic E-state index is 13.7. The van der Waals surface area contributed by atoms with E-state index in [1.54, 1.807) is 26.4 Å². The van der Waals surface area contributed by atoms with E-state index in [2.05, 4.69) is 5.32 Å². The molecule has 0 aliphatic heterocycles. The van der Waals surface area contributed by atoms with Crippen LogP contribution in [-0.4, -0.2) is 38.2 Å². The van der Waals surface area contributed by atoms with Gasteiger partial charge in [-0.2, -0.15) is 0 Å². The molecule has 1 aliphatic carbocycles. The summed E-state index contributed by atoms with van der Waals surface area (Å²) in [5.74, 6) is 0.507. The molecule has 0 spiro atoms. The summed E-state index contributed by atoms with van der Waals surface area (Å²) in [6, 6.07) is 14.7. The first-order chi connectivity index (χ1) is 17.5. The average Bonchev–Trinajstić information content (AvgIpc) is 3.29. The number of anilines is 1. The molecule has 1 amide bonds. The number of ether oxygens (including phenoxy) is 3. The van der Waals surface area contributed by atoms with Gasteiger partial charge in [0.15, 0.2) is 0 Å². The molecular formula is C28H26N2O5S. The largest absolute Gasteiger partial charge is 0.497 e. The number of carbonyl (C=O) groups excluding carboxylic acids is 2. The minimum Gasteiger partial charge on any atom is -0.497 e. The Balaban J connectivity index is 1.60. The molecule has 0 saturated carbocycles. The van der Waals surface area contributed by atoms with Gasteiger partial charge >= 0.3 is 5.97 Å². The van der Waals surface area contributed by atoms with E-state index in [0.717, 1.165) is 41.7 Å². The first-order valence-electron chi connectivity index (χ1n) is 11.7. The number of hydrogen-bond donors (Lipinski definition) is 1. The Hall–Kier alpha value is -3.91. The molecule has 0 atom stereocenters. The molecule has 0 bridgehead atoms. The van der Waals surface area contributed by atoms with Crippen LogP contribution in [0.4, 0.5) is 5.00 Å². The van der Waals surface area contributed by atoms with E-state index in [0.29, 0.717) is 44.2 Å². The Morgan fingerprint density at radius 1 is 0.972 bits per heavy atom. The summed E-state index contributed by atoms with van der Waals surface area (Å²) in [6.45, 7) is 0. The molecule has 2 heterocycles. The normalized spacial score (nSPS) is 12.6. The van der Waals surface area contributed by atoms with E-state index in [4.69, 9.17) is 19.2 Å². The van der Waals surface area contributed by atoms with Crippen molar-refractivity contribution in [3.8, 4) is 22.8 Å². The maximum Gasteiger partial charge on any atom is 0.341 e. The lowest BCUT2D eigenvalue weighted by Gasteiger charge is -2.14. The Morgan fingerprint density at radius 3 is 2.56 bits per heavy atom. The quantitative estimate of drug-likeness (QED) is 0.331. The summed E-state index contributed by atoms with van der Waals surface area (Å²) in [7, 11) is 4.54. The Labute approximate surface area is 213 Å². The fourth-order valence-electron chi connectivity index (χ4n) is 4.65. The van der Waals surface area contributed by atoms with Gasteiger partial charge in [0.1, 0.15) is 16.5 Å². The Bertz CT molecular complexity index is 1480. The number of aryl methyl sites for hydroxylation is 1. The van der Waals surface area contributed by atoms with E-state index in [1.807, 2.05) is 36.4 Å². The van der Waals surface area contributed by atoms with Crippen LogP contribution in [0, 0.1) is 0 Å². The van der Waals surface area contributed by atoms with Gasteiger partial charge in [0.2, 0.25) is 0 Å². The molecule has 5 rings (SSSR count). The van der Waals surface area contributed by atoms with Gasteiger partial charge in [0, 0.05) is 21.9 Å². The van der Waals surface area contributed by atoms with E-state index in [9.17, 15) is 9.59 Å². The Kier molecular flexibility index (Phi) is 6.61. The van der Waals surface area contributed by atoms with E-state index in [-0.39, 0.29) is 5.91 Å². The number of nitrogens with one attached hydrogen (secondary N) is 1. The van der Waals surface area contributed by atoms with Crippen LogP contribution in [0.5, 0.6) is 11.5 Å². The van der Waals surface area contributed by atoms with E-state index in [1.165, 1.54) is 18.4 Å². The van der Waals surface area contributed by atoms with Crippen molar-refractivity contribution in [1.82, 2.24) is 4.98 Å². The predicted molar refractivity (Wildman–Crippen MR) is 141 cm³/mol. The highest BCUT2D eigenvalue weighted by Gasteiger charge is 2.27. The number of carbonyl (C=O) groups is 2. The van der Waals surface area contributed by atoms with E-state index < -0.39 is 5.97 Å². The van der Waals surface area contributed by atoms with Gasteiger partial charge in [-0.05, 0) is 55.5 Å². The summed E-state index contributed by atoms with van der Waals surface area (Å²) < 4.78 is 16.0. The molecule has 0 unspecified atom stereocenters. The second-order valence-electron chi connectivity index (χ2n) is 8.50. The second kappa shape index (κ2) is 9.99. The number of esters is 1. The summed E-state index contributed by atoms with van der Waals surface area (Å²) in [5, 5.41) is 4.26. The third-order valence-corrected chi connectivity index (χ3v) is 7.64. The van der Waals surface area contributed by atoms with Crippen molar-refractivity contribution in [3.63, 3.8) is 0 Å². The van der Waals surface area contributed by atoms with Gasteiger partial charge in [-0.3, -0.25) is 4.79 Å². The van der Waals surface area contributed by atoms with Crippen LogP contribution < -0.4 is 14.8 Å². The van der Waals surface area contributed by atoms with Crippen LogP contribution in [0.15, 0.2) is 48.5 Å². The van der Waals surface area contributed by atoms with Crippen LogP contribution in [-0.2, 0) is 17.6 Å². The standard InChI is InChI=1S/C28H26N2O5S/c1-33-16-12-13-18(23(14-16)34-2)22-15-20(17-8-4-6-10-21(17)29-22)26(31)30-27-25(28(32)35-3)19-9-5-7-11-24(19)36-27/h4,6,8,10,12-15H,5,7,9,11H2,1-3H3,(H,30,31). The van der Waals surface area contributed by atoms with Gasteiger partial charge in [0.25, 0.3) is 5.91 Å². The van der Waals surface area contributed by atoms with Gasteiger partial charge in [0.05, 0.1) is 43.7 Å². The number of methoxy groups -OCH3 is 3. The summed E-state index contributed by atoms with van der Waals surface area (Å²) >= 11 is 1.46. The molecule has 2 aromatic heterocycles. The third-order valence-electron chi connectivity index (χ3n) is 6.43. The van der Waals surface area contributed by atoms with Crippen molar-refractivity contribution in [3.05, 3.63) is 70.1 Å². The number of fused-ring (bicyclic) bond motifs is 2.